The predicted octanol–water partition coefficient (Wildman–Crippen LogP) is 2.08. The van der Waals surface area contributed by atoms with E-state index >= 15 is 0 Å². The Bertz CT molecular complexity index is 373. The molecule has 1 aliphatic rings. The highest BCUT2D eigenvalue weighted by Crippen LogP contribution is 2.26. The van der Waals surface area contributed by atoms with Crippen molar-refractivity contribution in [1.29, 1.82) is 0 Å². The fourth-order valence-electron chi connectivity index (χ4n) is 2.44. The smallest absolute Gasteiger partial charge is 0.243 e. The van der Waals surface area contributed by atoms with Crippen LogP contribution in [0.15, 0.2) is 4.99 Å². The van der Waals surface area contributed by atoms with Crippen molar-refractivity contribution in [2.24, 2.45) is 4.99 Å². The van der Waals surface area contributed by atoms with Crippen LogP contribution in [0.25, 0.3) is 0 Å². The van der Waals surface area contributed by atoms with Gasteiger partial charge in [0.2, 0.25) is 5.91 Å². The zero-order valence-electron chi connectivity index (χ0n) is 14.7. The number of aliphatic imine (C=N–C) groups is 1. The van der Waals surface area contributed by atoms with Crippen LogP contribution in [0.1, 0.15) is 46.0 Å². The minimum absolute atomic E-state index is 0.0240. The molecule has 1 fully saturated rings. The molecule has 0 heterocycles. The first kappa shape index (κ1) is 19.1. The number of likely N-dealkylation sites (N-methyl/N-ethyl adjacent to an activating group) is 1. The zero-order valence-corrected chi connectivity index (χ0v) is 15.5. The van der Waals surface area contributed by atoms with E-state index in [0.29, 0.717) is 12.1 Å². The molecule has 0 bridgehead atoms. The van der Waals surface area contributed by atoms with Gasteiger partial charge in [0, 0.05) is 31.4 Å². The Morgan fingerprint density at radius 3 is 2.73 bits per heavy atom. The summed E-state index contributed by atoms with van der Waals surface area (Å²) in [4.78, 5) is 17.8. The lowest BCUT2D eigenvalue weighted by Crippen LogP contribution is -2.48. The van der Waals surface area contributed by atoms with Gasteiger partial charge in [-0.3, -0.25) is 4.79 Å². The minimum atomic E-state index is 0.0240. The second kappa shape index (κ2) is 9.98. The van der Waals surface area contributed by atoms with Crippen LogP contribution in [0, 0.1) is 0 Å². The van der Waals surface area contributed by atoms with E-state index in [2.05, 4.69) is 35.7 Å². The molecule has 0 aliphatic heterocycles. The summed E-state index contributed by atoms with van der Waals surface area (Å²) in [6.45, 7) is 4.47. The Balaban J connectivity index is 2.64. The highest BCUT2D eigenvalue weighted by Gasteiger charge is 2.22. The van der Waals surface area contributed by atoms with Crippen LogP contribution < -0.4 is 10.6 Å². The normalized spacial score (nSPS) is 23.8. The standard InChI is InChI=1S/C16H32N4OS/c1-6-12(2)18-16(17-11-15(21)20(3)4)19-13-8-7-9-14(10-13)22-5/h12-14H,6-11H2,1-5H3,(H2,17,18,19). The molecular formula is C16H32N4OS. The monoisotopic (exact) mass is 328 g/mol. The van der Waals surface area contributed by atoms with Gasteiger partial charge in [-0.1, -0.05) is 13.3 Å². The third-order valence-corrected chi connectivity index (χ3v) is 5.26. The molecule has 5 nitrogen and oxygen atoms in total. The maximum atomic E-state index is 11.8. The summed E-state index contributed by atoms with van der Waals surface area (Å²) in [6.07, 6.45) is 8.14. The lowest BCUT2D eigenvalue weighted by molar-refractivity contribution is -0.127. The molecule has 1 saturated carbocycles. The molecule has 1 aliphatic carbocycles. The minimum Gasteiger partial charge on any atom is -0.354 e. The number of thioether (sulfide) groups is 1. The summed E-state index contributed by atoms with van der Waals surface area (Å²) in [7, 11) is 3.52. The van der Waals surface area contributed by atoms with Crippen LogP contribution in [0.4, 0.5) is 0 Å². The Morgan fingerprint density at radius 1 is 1.41 bits per heavy atom. The van der Waals surface area contributed by atoms with Crippen molar-refractivity contribution < 1.29 is 4.79 Å². The third-order valence-electron chi connectivity index (χ3n) is 4.17. The first-order valence-corrected chi connectivity index (χ1v) is 9.55. The van der Waals surface area contributed by atoms with Gasteiger partial charge in [-0.05, 0) is 38.9 Å². The topological polar surface area (TPSA) is 56.7 Å². The number of carbonyl (C=O) groups is 1. The summed E-state index contributed by atoms with van der Waals surface area (Å²) in [5, 5.41) is 7.67. The van der Waals surface area contributed by atoms with Crippen LogP contribution in [0.3, 0.4) is 0 Å². The molecule has 0 aromatic heterocycles. The number of amides is 1. The number of hydrogen-bond acceptors (Lipinski definition) is 3. The molecule has 2 N–H and O–H groups in total. The summed E-state index contributed by atoms with van der Waals surface area (Å²) in [6, 6.07) is 0.802. The SMILES string of the molecule is CCC(C)NC(=NCC(=O)N(C)C)NC1CCCC(SC)C1. The highest BCUT2D eigenvalue weighted by molar-refractivity contribution is 7.99. The van der Waals surface area contributed by atoms with Gasteiger partial charge in [-0.15, -0.1) is 0 Å². The van der Waals surface area contributed by atoms with Crippen LogP contribution in [-0.4, -0.2) is 61.0 Å². The van der Waals surface area contributed by atoms with Crippen molar-refractivity contribution in [2.45, 2.75) is 63.3 Å². The van der Waals surface area contributed by atoms with Gasteiger partial charge in [-0.25, -0.2) is 4.99 Å². The first-order chi connectivity index (χ1) is 10.5. The highest BCUT2D eigenvalue weighted by atomic mass is 32.2. The zero-order chi connectivity index (χ0) is 16.5. The van der Waals surface area contributed by atoms with Crippen molar-refractivity contribution in [3.8, 4) is 0 Å². The summed E-state index contributed by atoms with van der Waals surface area (Å²) < 4.78 is 0. The summed E-state index contributed by atoms with van der Waals surface area (Å²) in [5.41, 5.74) is 0. The van der Waals surface area contributed by atoms with Gasteiger partial charge in [0.25, 0.3) is 0 Å². The second-order valence-electron chi connectivity index (χ2n) is 6.27. The molecule has 1 amide bonds. The largest absolute Gasteiger partial charge is 0.354 e. The Hall–Kier alpha value is -0.910. The average molecular weight is 329 g/mol. The van der Waals surface area contributed by atoms with Gasteiger partial charge in [0.15, 0.2) is 5.96 Å². The molecule has 0 aromatic carbocycles. The van der Waals surface area contributed by atoms with E-state index < -0.39 is 0 Å². The van der Waals surface area contributed by atoms with Gasteiger partial charge in [-0.2, -0.15) is 11.8 Å². The van der Waals surface area contributed by atoms with Crippen LogP contribution in [0.5, 0.6) is 0 Å². The number of nitrogens with zero attached hydrogens (tertiary/aromatic N) is 2. The van der Waals surface area contributed by atoms with Crippen LogP contribution in [-0.2, 0) is 4.79 Å². The number of nitrogens with one attached hydrogen (secondary N) is 2. The molecule has 6 heteroatoms. The van der Waals surface area contributed by atoms with Crippen molar-refractivity contribution in [3.05, 3.63) is 0 Å². The predicted molar refractivity (Wildman–Crippen MR) is 96.6 cm³/mol. The van der Waals surface area contributed by atoms with E-state index in [9.17, 15) is 4.79 Å². The van der Waals surface area contributed by atoms with E-state index in [0.717, 1.165) is 17.6 Å². The first-order valence-electron chi connectivity index (χ1n) is 8.26. The summed E-state index contributed by atoms with van der Waals surface area (Å²) in [5.74, 6) is 0.798. The van der Waals surface area contributed by atoms with Gasteiger partial charge < -0.3 is 15.5 Å². The fourth-order valence-corrected chi connectivity index (χ4v) is 3.27. The second-order valence-corrected chi connectivity index (χ2v) is 7.41. The van der Waals surface area contributed by atoms with E-state index in [-0.39, 0.29) is 12.5 Å². The third kappa shape index (κ3) is 6.90. The molecular weight excluding hydrogens is 296 g/mol. The van der Waals surface area contributed by atoms with E-state index in [4.69, 9.17) is 0 Å². The van der Waals surface area contributed by atoms with Crippen LogP contribution in [0.2, 0.25) is 0 Å². The Kier molecular flexibility index (Phi) is 8.68. The number of hydrogen-bond donors (Lipinski definition) is 2. The Labute approximate surface area is 139 Å². The Morgan fingerprint density at radius 2 is 2.14 bits per heavy atom. The van der Waals surface area contributed by atoms with Crippen molar-refractivity contribution in [2.75, 3.05) is 26.9 Å². The number of guanidine groups is 1. The van der Waals surface area contributed by atoms with Gasteiger partial charge in [0.1, 0.15) is 6.54 Å². The van der Waals surface area contributed by atoms with E-state index in [1.165, 1.54) is 25.7 Å². The van der Waals surface area contributed by atoms with Crippen molar-refractivity contribution in [3.63, 3.8) is 0 Å². The maximum Gasteiger partial charge on any atom is 0.243 e. The van der Waals surface area contributed by atoms with E-state index in [1.807, 2.05) is 11.8 Å². The maximum absolute atomic E-state index is 11.8. The number of carbonyl (C=O) groups excluding carboxylic acids is 1. The van der Waals surface area contributed by atoms with Crippen LogP contribution >= 0.6 is 11.8 Å². The van der Waals surface area contributed by atoms with Gasteiger partial charge >= 0.3 is 0 Å². The molecule has 3 unspecified atom stereocenters. The lowest BCUT2D eigenvalue weighted by Gasteiger charge is -2.30. The molecule has 22 heavy (non-hydrogen) atoms. The molecule has 1 rings (SSSR count). The fraction of sp³-hybridized carbons (Fsp3) is 0.875. The van der Waals surface area contributed by atoms with E-state index in [1.54, 1.807) is 19.0 Å². The molecule has 0 saturated heterocycles. The lowest BCUT2D eigenvalue weighted by atomic mass is 9.95. The number of rotatable bonds is 6. The molecule has 3 atom stereocenters. The molecule has 128 valence electrons. The quantitative estimate of drug-likeness (QED) is 0.579. The average Bonchev–Trinajstić information content (AvgIpc) is 2.52. The molecule has 0 spiro atoms. The summed E-state index contributed by atoms with van der Waals surface area (Å²) >= 11 is 1.96. The van der Waals surface area contributed by atoms with Crippen molar-refractivity contribution >= 4 is 23.6 Å². The molecule has 0 aromatic rings. The van der Waals surface area contributed by atoms with Gasteiger partial charge in [0.05, 0.1) is 0 Å². The van der Waals surface area contributed by atoms with Crippen molar-refractivity contribution in [1.82, 2.24) is 15.5 Å². The molecule has 0 radical (unpaired) electrons.